The normalized spacial score (nSPS) is 11.3. The molecule has 2 rings (SSSR count). The highest BCUT2D eigenvalue weighted by Crippen LogP contribution is 2.30. The minimum absolute atomic E-state index is 0.213. The van der Waals surface area contributed by atoms with E-state index in [1.807, 2.05) is 4.72 Å². The molecule has 0 aliphatic carbocycles. The smallest absolute Gasteiger partial charge is 0.356 e. The first kappa shape index (κ1) is 14.9. The molecular formula is C8H4Cl2N4O4S2. The number of nitrogens with zero attached hydrogens (tertiary/aromatic N) is 3. The molecule has 8 nitrogen and oxygen atoms in total. The Labute approximate surface area is 126 Å². The van der Waals surface area contributed by atoms with E-state index in [2.05, 4.69) is 15.0 Å². The Hall–Kier alpha value is -1.49. The maximum absolute atomic E-state index is 12.1. The third-order valence-electron chi connectivity index (χ3n) is 1.97. The number of rotatable bonds is 4. The first-order valence-corrected chi connectivity index (χ1v) is 7.80. The van der Waals surface area contributed by atoms with Crippen molar-refractivity contribution in [2.24, 2.45) is 0 Å². The van der Waals surface area contributed by atoms with E-state index in [9.17, 15) is 13.2 Å². The summed E-state index contributed by atoms with van der Waals surface area (Å²) in [6, 6.07) is 0. The third-order valence-corrected chi connectivity index (χ3v) is 5.27. The molecule has 2 aromatic heterocycles. The zero-order chi connectivity index (χ0) is 14.9. The molecule has 0 aromatic carbocycles. The Kier molecular flexibility index (Phi) is 4.09. The van der Waals surface area contributed by atoms with E-state index in [0.29, 0.717) is 11.3 Å². The first-order chi connectivity index (χ1) is 9.33. The third kappa shape index (κ3) is 2.82. The van der Waals surface area contributed by atoms with Crippen molar-refractivity contribution in [1.82, 2.24) is 15.0 Å². The summed E-state index contributed by atoms with van der Waals surface area (Å²) < 4.78 is 25.8. The van der Waals surface area contributed by atoms with Gasteiger partial charge in [0.1, 0.15) is 12.0 Å². The molecule has 2 N–H and O–H groups in total. The number of carboxylic acid groups (broad SMARTS) is 1. The van der Waals surface area contributed by atoms with Gasteiger partial charge in [0.05, 0.1) is 5.51 Å². The monoisotopic (exact) mass is 354 g/mol. The van der Waals surface area contributed by atoms with Gasteiger partial charge in [-0.2, -0.15) is 0 Å². The first-order valence-electron chi connectivity index (χ1n) is 4.68. The van der Waals surface area contributed by atoms with Gasteiger partial charge in [-0.25, -0.2) is 28.2 Å². The van der Waals surface area contributed by atoms with Crippen LogP contribution in [-0.2, 0) is 10.0 Å². The fourth-order valence-electron chi connectivity index (χ4n) is 1.18. The number of anilines is 1. The number of carboxylic acids is 1. The molecule has 0 saturated carbocycles. The number of hydrogen-bond acceptors (Lipinski definition) is 7. The van der Waals surface area contributed by atoms with Crippen LogP contribution >= 0.6 is 34.5 Å². The van der Waals surface area contributed by atoms with Crippen LogP contribution in [0.5, 0.6) is 0 Å². The maximum Gasteiger partial charge on any atom is 0.356 e. The largest absolute Gasteiger partial charge is 0.476 e. The molecule has 2 aromatic rings. The lowest BCUT2D eigenvalue weighted by Crippen LogP contribution is -2.16. The van der Waals surface area contributed by atoms with E-state index in [1.165, 1.54) is 0 Å². The van der Waals surface area contributed by atoms with Gasteiger partial charge in [-0.05, 0) is 0 Å². The van der Waals surface area contributed by atoms with Crippen LogP contribution in [0.25, 0.3) is 0 Å². The number of sulfonamides is 1. The number of halogens is 2. The van der Waals surface area contributed by atoms with Crippen molar-refractivity contribution in [2.45, 2.75) is 4.21 Å². The lowest BCUT2D eigenvalue weighted by molar-refractivity contribution is 0.0687. The second kappa shape index (κ2) is 5.48. The average molecular weight is 355 g/mol. The van der Waals surface area contributed by atoms with Gasteiger partial charge >= 0.3 is 5.97 Å². The fourth-order valence-corrected chi connectivity index (χ4v) is 3.91. The van der Waals surface area contributed by atoms with Crippen LogP contribution in [-0.4, -0.2) is 34.4 Å². The van der Waals surface area contributed by atoms with Crippen molar-refractivity contribution >= 4 is 56.2 Å². The Morgan fingerprint density at radius 2 is 1.85 bits per heavy atom. The molecule has 0 bridgehead atoms. The molecule has 12 heteroatoms. The molecule has 20 heavy (non-hydrogen) atoms. The highest BCUT2D eigenvalue weighted by molar-refractivity contribution is 7.94. The summed E-state index contributed by atoms with van der Waals surface area (Å²) in [6.07, 6.45) is 1.05. The number of nitrogens with one attached hydrogen (secondary N) is 1. The molecule has 2 heterocycles. The molecule has 0 atom stereocenters. The van der Waals surface area contributed by atoms with E-state index in [-0.39, 0.29) is 16.0 Å². The van der Waals surface area contributed by atoms with Crippen molar-refractivity contribution < 1.29 is 18.3 Å². The van der Waals surface area contributed by atoms with Gasteiger partial charge < -0.3 is 5.11 Å². The minimum Gasteiger partial charge on any atom is -0.476 e. The molecule has 0 saturated heterocycles. The summed E-state index contributed by atoms with van der Waals surface area (Å²) in [6.45, 7) is 0. The van der Waals surface area contributed by atoms with Crippen LogP contribution in [0.3, 0.4) is 0 Å². The van der Waals surface area contributed by atoms with Gasteiger partial charge in [-0.15, -0.1) is 11.3 Å². The Balaban J connectivity index is 2.47. The van der Waals surface area contributed by atoms with Gasteiger partial charge in [0, 0.05) is 0 Å². The van der Waals surface area contributed by atoms with Gasteiger partial charge in [0.2, 0.25) is 0 Å². The van der Waals surface area contributed by atoms with E-state index in [1.54, 1.807) is 0 Å². The minimum atomic E-state index is -4.21. The standard InChI is InChI=1S/C8H4Cl2N4O4S2/c9-5-3(6(10)12-1-11-5)14-20(17,18)8-4(7(15)16)13-2-19-8/h1-2,14H,(H,15,16). The molecule has 0 aliphatic heterocycles. The van der Waals surface area contributed by atoms with Crippen molar-refractivity contribution in [2.75, 3.05) is 4.72 Å². The average Bonchev–Trinajstić information content (AvgIpc) is 2.84. The summed E-state index contributed by atoms with van der Waals surface area (Å²) in [5.74, 6) is -1.46. The molecule has 0 unspecified atom stereocenters. The van der Waals surface area contributed by atoms with Crippen LogP contribution < -0.4 is 4.72 Å². The van der Waals surface area contributed by atoms with Crippen molar-refractivity contribution in [3.8, 4) is 0 Å². The number of aromatic carboxylic acids is 1. The fraction of sp³-hybridized carbons (Fsp3) is 0. The van der Waals surface area contributed by atoms with Gasteiger partial charge in [0.15, 0.2) is 20.2 Å². The van der Waals surface area contributed by atoms with Crippen LogP contribution in [0.2, 0.25) is 10.3 Å². The molecule has 0 radical (unpaired) electrons. The van der Waals surface area contributed by atoms with Crippen LogP contribution in [0.1, 0.15) is 10.5 Å². The van der Waals surface area contributed by atoms with Crippen molar-refractivity contribution in [1.29, 1.82) is 0 Å². The predicted molar refractivity (Wildman–Crippen MR) is 71.9 cm³/mol. The maximum atomic E-state index is 12.1. The van der Waals surface area contributed by atoms with Crippen molar-refractivity contribution in [3.05, 3.63) is 27.8 Å². The summed E-state index contributed by atoms with van der Waals surface area (Å²) in [7, 11) is -4.21. The number of aromatic nitrogens is 3. The zero-order valence-electron chi connectivity index (χ0n) is 9.24. The van der Waals surface area contributed by atoms with E-state index in [4.69, 9.17) is 28.3 Å². The van der Waals surface area contributed by atoms with E-state index in [0.717, 1.165) is 11.8 Å². The molecule has 0 aliphatic rings. The van der Waals surface area contributed by atoms with Gasteiger partial charge in [-0.1, -0.05) is 23.2 Å². The Bertz CT molecular complexity index is 756. The lowest BCUT2D eigenvalue weighted by atomic mass is 10.5. The molecule has 0 fully saturated rings. The SMILES string of the molecule is O=C(O)c1ncsc1S(=O)(=O)Nc1c(Cl)ncnc1Cl. The summed E-state index contributed by atoms with van der Waals surface area (Å²) in [5, 5.41) is 8.44. The van der Waals surface area contributed by atoms with E-state index >= 15 is 0 Å². The second-order valence-corrected chi connectivity index (χ2v) is 6.68. The van der Waals surface area contributed by atoms with Crippen LogP contribution in [0, 0.1) is 0 Å². The van der Waals surface area contributed by atoms with E-state index < -0.39 is 25.9 Å². The van der Waals surface area contributed by atoms with Gasteiger partial charge in [-0.3, -0.25) is 4.72 Å². The van der Waals surface area contributed by atoms with Crippen molar-refractivity contribution in [3.63, 3.8) is 0 Å². The molecule has 0 amide bonds. The zero-order valence-corrected chi connectivity index (χ0v) is 12.4. The molecule has 106 valence electrons. The summed E-state index contributed by atoms with van der Waals surface area (Å²) in [5.41, 5.74) is 0.273. The predicted octanol–water partition coefficient (Wildman–Crippen LogP) is 1.74. The topological polar surface area (TPSA) is 122 Å². The van der Waals surface area contributed by atoms with Crippen LogP contribution in [0.15, 0.2) is 16.0 Å². The Morgan fingerprint density at radius 1 is 1.25 bits per heavy atom. The highest BCUT2D eigenvalue weighted by atomic mass is 35.5. The summed E-state index contributed by atoms with van der Waals surface area (Å²) >= 11 is 12.1. The second-order valence-electron chi connectivity index (χ2n) is 3.23. The van der Waals surface area contributed by atoms with Gasteiger partial charge in [0.25, 0.3) is 10.0 Å². The Morgan fingerprint density at radius 3 is 2.40 bits per heavy atom. The quantitative estimate of drug-likeness (QED) is 0.801. The number of hydrogen-bond donors (Lipinski definition) is 2. The summed E-state index contributed by atoms with van der Waals surface area (Å²) in [4.78, 5) is 21.5. The molecular weight excluding hydrogens is 351 g/mol. The number of carbonyl (C=O) groups is 1. The highest BCUT2D eigenvalue weighted by Gasteiger charge is 2.27. The molecule has 0 spiro atoms. The number of thiazole rings is 1. The lowest BCUT2D eigenvalue weighted by Gasteiger charge is -2.08. The van der Waals surface area contributed by atoms with Crippen LogP contribution in [0.4, 0.5) is 5.69 Å².